The van der Waals surface area contributed by atoms with E-state index < -0.39 is 0 Å². The number of ether oxygens (including phenoxy) is 1. The third-order valence-electron chi connectivity index (χ3n) is 3.61. The van der Waals surface area contributed by atoms with Gasteiger partial charge in [0.25, 0.3) is 0 Å². The second-order valence-corrected chi connectivity index (χ2v) is 5.03. The fourth-order valence-corrected chi connectivity index (χ4v) is 2.51. The molecule has 20 heavy (non-hydrogen) atoms. The number of imidazole rings is 1. The molecule has 0 N–H and O–H groups in total. The van der Waals surface area contributed by atoms with Crippen molar-refractivity contribution >= 4 is 0 Å². The molecule has 0 amide bonds. The first kappa shape index (κ1) is 11.3. The number of rotatable bonds is 1. The van der Waals surface area contributed by atoms with Crippen LogP contribution >= 0.6 is 0 Å². The van der Waals surface area contributed by atoms with Crippen molar-refractivity contribution in [2.75, 3.05) is 0 Å². The van der Waals surface area contributed by atoms with E-state index in [0.717, 1.165) is 28.5 Å². The summed E-state index contributed by atoms with van der Waals surface area (Å²) in [4.78, 5) is 4.69. The molecule has 1 aliphatic heterocycles. The highest BCUT2D eigenvalue weighted by molar-refractivity contribution is 5.61. The highest BCUT2D eigenvalue weighted by Gasteiger charge is 2.19. The van der Waals surface area contributed by atoms with Crippen LogP contribution < -0.4 is 4.74 Å². The van der Waals surface area contributed by atoms with Crippen LogP contribution in [0.5, 0.6) is 5.75 Å². The van der Waals surface area contributed by atoms with Gasteiger partial charge in [0.2, 0.25) is 0 Å². The molecule has 3 nitrogen and oxygen atoms in total. The number of hydrogen-bond acceptors (Lipinski definition) is 2. The van der Waals surface area contributed by atoms with Crippen molar-refractivity contribution in [3.05, 3.63) is 66.1 Å². The third kappa shape index (κ3) is 1.71. The van der Waals surface area contributed by atoms with E-state index in [4.69, 9.17) is 4.74 Å². The maximum Gasteiger partial charge on any atom is 0.152 e. The van der Waals surface area contributed by atoms with Crippen LogP contribution in [0.15, 0.2) is 54.7 Å². The number of nitrogens with zero attached hydrogens (tertiary/aromatic N) is 2. The molecule has 2 aromatic carbocycles. The first-order valence-corrected chi connectivity index (χ1v) is 6.69. The van der Waals surface area contributed by atoms with Crippen LogP contribution in [0, 0.1) is 6.92 Å². The molecule has 4 rings (SSSR count). The van der Waals surface area contributed by atoms with Crippen molar-refractivity contribution in [1.82, 2.24) is 9.55 Å². The van der Waals surface area contributed by atoms with Crippen LogP contribution in [0.2, 0.25) is 0 Å². The zero-order valence-corrected chi connectivity index (χ0v) is 11.2. The molecule has 0 unspecified atom stereocenters. The van der Waals surface area contributed by atoms with Crippen molar-refractivity contribution in [3.63, 3.8) is 0 Å². The van der Waals surface area contributed by atoms with Crippen LogP contribution in [-0.4, -0.2) is 9.55 Å². The monoisotopic (exact) mass is 262 g/mol. The number of para-hydroxylation sites is 2. The summed E-state index contributed by atoms with van der Waals surface area (Å²) in [5.74, 6) is 1.85. The van der Waals surface area contributed by atoms with Gasteiger partial charge in [-0.2, -0.15) is 0 Å². The molecule has 1 aliphatic rings. The molecule has 0 spiro atoms. The molecule has 0 fully saturated rings. The van der Waals surface area contributed by atoms with Crippen molar-refractivity contribution in [3.8, 4) is 22.7 Å². The summed E-state index contributed by atoms with van der Waals surface area (Å²) in [6.45, 7) is 2.61. The van der Waals surface area contributed by atoms with E-state index in [1.807, 2.05) is 18.2 Å². The molecule has 0 aliphatic carbocycles. The Morgan fingerprint density at radius 2 is 1.85 bits per heavy atom. The minimum absolute atomic E-state index is 0.517. The lowest BCUT2D eigenvalue weighted by Crippen LogP contribution is -2.12. The van der Waals surface area contributed by atoms with Crippen molar-refractivity contribution < 1.29 is 4.74 Å². The molecule has 1 aromatic heterocycles. The van der Waals surface area contributed by atoms with E-state index in [-0.39, 0.29) is 0 Å². The highest BCUT2D eigenvalue weighted by Crippen LogP contribution is 2.31. The smallest absolute Gasteiger partial charge is 0.152 e. The Kier molecular flexibility index (Phi) is 2.39. The first-order chi connectivity index (χ1) is 9.81. The number of aromatic nitrogens is 2. The minimum atomic E-state index is 0.517. The van der Waals surface area contributed by atoms with Gasteiger partial charge in [0.15, 0.2) is 5.82 Å². The van der Waals surface area contributed by atoms with Gasteiger partial charge in [-0.3, -0.25) is 4.57 Å². The fraction of sp³-hybridized carbons (Fsp3) is 0.118. The lowest BCUT2D eigenvalue weighted by molar-refractivity contribution is 0.279. The van der Waals surface area contributed by atoms with E-state index in [2.05, 4.69) is 53.0 Å². The molecule has 0 bridgehead atoms. The summed E-state index contributed by atoms with van der Waals surface area (Å²) in [6.07, 6.45) is 2.08. The van der Waals surface area contributed by atoms with Gasteiger partial charge in [-0.15, -0.1) is 0 Å². The second kappa shape index (κ2) is 4.23. The van der Waals surface area contributed by atoms with Gasteiger partial charge in [-0.05, 0) is 19.1 Å². The van der Waals surface area contributed by atoms with Crippen LogP contribution in [-0.2, 0) is 6.61 Å². The topological polar surface area (TPSA) is 27.1 Å². The van der Waals surface area contributed by atoms with E-state index in [1.54, 1.807) is 0 Å². The molecular weight excluding hydrogens is 248 g/mol. The van der Waals surface area contributed by atoms with Crippen LogP contribution in [0.3, 0.4) is 0 Å². The van der Waals surface area contributed by atoms with Gasteiger partial charge in [-0.25, -0.2) is 4.98 Å². The Morgan fingerprint density at radius 1 is 1.05 bits per heavy atom. The Morgan fingerprint density at radius 3 is 2.70 bits per heavy atom. The van der Waals surface area contributed by atoms with E-state index in [9.17, 15) is 0 Å². The molecule has 2 heterocycles. The largest absolute Gasteiger partial charge is 0.483 e. The molecular formula is C17H14N2O. The normalized spacial score (nSPS) is 12.4. The number of benzene rings is 2. The molecule has 0 saturated carbocycles. The Labute approximate surface area is 117 Å². The fourth-order valence-electron chi connectivity index (χ4n) is 2.51. The minimum Gasteiger partial charge on any atom is -0.483 e. The summed E-state index contributed by atoms with van der Waals surface area (Å²) in [5.41, 5.74) is 4.43. The number of aryl methyl sites for hydroxylation is 1. The number of hydrogen-bond donors (Lipinski definition) is 0. The average molecular weight is 262 g/mol. The average Bonchev–Trinajstić information content (AvgIpc) is 2.92. The van der Waals surface area contributed by atoms with Crippen LogP contribution in [0.25, 0.3) is 16.9 Å². The quantitative estimate of drug-likeness (QED) is 0.668. The SMILES string of the molecule is Cc1ccc(-c2cn3c(n2)COc2ccccc2-3)cc1. The van der Waals surface area contributed by atoms with Gasteiger partial charge in [0, 0.05) is 11.8 Å². The Balaban J connectivity index is 1.84. The highest BCUT2D eigenvalue weighted by atomic mass is 16.5. The second-order valence-electron chi connectivity index (χ2n) is 5.03. The first-order valence-electron chi connectivity index (χ1n) is 6.69. The maximum absolute atomic E-state index is 5.73. The van der Waals surface area contributed by atoms with E-state index >= 15 is 0 Å². The molecule has 0 atom stereocenters. The lowest BCUT2D eigenvalue weighted by Gasteiger charge is -2.18. The zero-order chi connectivity index (χ0) is 13.5. The van der Waals surface area contributed by atoms with Crippen LogP contribution in [0.1, 0.15) is 11.4 Å². The predicted octanol–water partition coefficient (Wildman–Crippen LogP) is 3.74. The summed E-state index contributed by atoms with van der Waals surface area (Å²) >= 11 is 0. The molecule has 98 valence electrons. The van der Waals surface area contributed by atoms with E-state index in [0.29, 0.717) is 6.61 Å². The van der Waals surface area contributed by atoms with Gasteiger partial charge in [0.05, 0.1) is 11.4 Å². The zero-order valence-electron chi connectivity index (χ0n) is 11.2. The van der Waals surface area contributed by atoms with Gasteiger partial charge >= 0.3 is 0 Å². The van der Waals surface area contributed by atoms with Crippen LogP contribution in [0.4, 0.5) is 0 Å². The van der Waals surface area contributed by atoms with Gasteiger partial charge in [0.1, 0.15) is 12.4 Å². The standard InChI is InChI=1S/C17H14N2O/c1-12-6-8-13(9-7-12)14-10-19-15-4-2-3-5-16(15)20-11-17(19)18-14/h2-10H,11H2,1H3. The summed E-state index contributed by atoms with van der Waals surface area (Å²) in [5, 5.41) is 0. The van der Waals surface area contributed by atoms with Crippen molar-refractivity contribution in [1.29, 1.82) is 0 Å². The van der Waals surface area contributed by atoms with Crippen molar-refractivity contribution in [2.45, 2.75) is 13.5 Å². The van der Waals surface area contributed by atoms with Crippen molar-refractivity contribution in [2.24, 2.45) is 0 Å². The summed E-state index contributed by atoms with van der Waals surface area (Å²) < 4.78 is 7.85. The molecule has 0 saturated heterocycles. The molecule has 3 aromatic rings. The summed E-state index contributed by atoms with van der Waals surface area (Å²) in [6, 6.07) is 16.5. The van der Waals surface area contributed by atoms with E-state index in [1.165, 1.54) is 5.56 Å². The lowest BCUT2D eigenvalue weighted by atomic mass is 10.1. The third-order valence-corrected chi connectivity index (χ3v) is 3.61. The Bertz CT molecular complexity index is 772. The Hall–Kier alpha value is -2.55. The maximum atomic E-state index is 5.73. The number of fused-ring (bicyclic) bond motifs is 3. The predicted molar refractivity (Wildman–Crippen MR) is 78.1 cm³/mol. The molecule has 0 radical (unpaired) electrons. The summed E-state index contributed by atoms with van der Waals surface area (Å²) in [7, 11) is 0. The molecule has 3 heteroatoms. The van der Waals surface area contributed by atoms with Gasteiger partial charge < -0.3 is 4.74 Å². The van der Waals surface area contributed by atoms with Gasteiger partial charge in [-0.1, -0.05) is 42.0 Å².